The van der Waals surface area contributed by atoms with Crippen molar-refractivity contribution in [1.82, 2.24) is 0 Å². The van der Waals surface area contributed by atoms with Crippen LogP contribution in [0.25, 0.3) is 10.8 Å². The number of aldehydes is 1. The van der Waals surface area contributed by atoms with Crippen LogP contribution in [0.5, 0.6) is 0 Å². The van der Waals surface area contributed by atoms with Crippen molar-refractivity contribution in [1.29, 1.82) is 0 Å². The lowest BCUT2D eigenvalue weighted by Gasteiger charge is -2.11. The van der Waals surface area contributed by atoms with E-state index in [2.05, 4.69) is 44.2 Å². The van der Waals surface area contributed by atoms with Gasteiger partial charge in [0, 0.05) is 5.56 Å². The van der Waals surface area contributed by atoms with Crippen LogP contribution in [0.1, 0.15) is 61.0 Å². The summed E-state index contributed by atoms with van der Waals surface area (Å²) in [5.41, 5.74) is 3.44. The topological polar surface area (TPSA) is 17.1 Å². The third-order valence-electron chi connectivity index (χ3n) is 3.96. The van der Waals surface area contributed by atoms with E-state index < -0.39 is 0 Å². The van der Waals surface area contributed by atoms with Gasteiger partial charge < -0.3 is 0 Å². The van der Waals surface area contributed by atoms with Crippen molar-refractivity contribution in [2.45, 2.75) is 52.4 Å². The second-order valence-electron chi connectivity index (χ2n) is 5.51. The monoisotopic (exact) mass is 268 g/mol. The van der Waals surface area contributed by atoms with Crippen molar-refractivity contribution in [3.05, 3.63) is 47.0 Å². The first-order valence-electron chi connectivity index (χ1n) is 7.79. The molecule has 0 radical (unpaired) electrons. The maximum absolute atomic E-state index is 11.4. The van der Waals surface area contributed by atoms with Crippen molar-refractivity contribution in [3.63, 3.8) is 0 Å². The molecule has 0 atom stereocenters. The Morgan fingerprint density at radius 1 is 0.950 bits per heavy atom. The molecule has 2 aromatic carbocycles. The molecule has 0 aliphatic rings. The standard InChI is InChI=1S/C19H24O/c1-3-5-8-15-10-7-11-17-12-16(9-6-4-2)18(14-20)13-19(15)17/h7,10-14H,3-6,8-9H2,1-2H3. The largest absolute Gasteiger partial charge is 0.298 e. The van der Waals surface area contributed by atoms with Gasteiger partial charge in [-0.3, -0.25) is 4.79 Å². The number of carbonyl (C=O) groups is 1. The molecule has 0 N–H and O–H groups in total. The van der Waals surface area contributed by atoms with Crippen LogP contribution in [-0.4, -0.2) is 6.29 Å². The lowest BCUT2D eigenvalue weighted by Crippen LogP contribution is -1.96. The van der Waals surface area contributed by atoms with Gasteiger partial charge in [0.1, 0.15) is 6.29 Å². The molecule has 0 bridgehead atoms. The smallest absolute Gasteiger partial charge is 0.150 e. The molecule has 0 aliphatic heterocycles. The summed E-state index contributed by atoms with van der Waals surface area (Å²) in [5.74, 6) is 0. The van der Waals surface area contributed by atoms with Crippen molar-refractivity contribution in [2.24, 2.45) is 0 Å². The fourth-order valence-corrected chi connectivity index (χ4v) is 2.73. The Morgan fingerprint density at radius 3 is 2.30 bits per heavy atom. The van der Waals surface area contributed by atoms with Gasteiger partial charge in [0.15, 0.2) is 0 Å². The Labute approximate surface area is 122 Å². The highest BCUT2D eigenvalue weighted by Crippen LogP contribution is 2.25. The summed E-state index contributed by atoms with van der Waals surface area (Å²) in [5, 5.41) is 2.53. The summed E-state index contributed by atoms with van der Waals surface area (Å²) in [6.45, 7) is 4.40. The molecule has 106 valence electrons. The molecule has 0 saturated carbocycles. The van der Waals surface area contributed by atoms with Crippen LogP contribution < -0.4 is 0 Å². The highest BCUT2D eigenvalue weighted by Gasteiger charge is 2.07. The van der Waals surface area contributed by atoms with Gasteiger partial charge >= 0.3 is 0 Å². The van der Waals surface area contributed by atoms with Crippen molar-refractivity contribution >= 4 is 17.1 Å². The summed E-state index contributed by atoms with van der Waals surface area (Å²) < 4.78 is 0. The van der Waals surface area contributed by atoms with E-state index in [-0.39, 0.29) is 0 Å². The van der Waals surface area contributed by atoms with Crippen molar-refractivity contribution in [3.8, 4) is 0 Å². The molecular weight excluding hydrogens is 244 g/mol. The molecule has 2 rings (SSSR count). The van der Waals surface area contributed by atoms with Gasteiger partial charge in [-0.1, -0.05) is 51.0 Å². The number of rotatable bonds is 7. The average molecular weight is 268 g/mol. The van der Waals surface area contributed by atoms with E-state index in [1.807, 2.05) is 0 Å². The van der Waals surface area contributed by atoms with Crippen LogP contribution in [0, 0.1) is 0 Å². The van der Waals surface area contributed by atoms with Crippen molar-refractivity contribution < 1.29 is 4.79 Å². The highest BCUT2D eigenvalue weighted by molar-refractivity contribution is 5.92. The van der Waals surface area contributed by atoms with E-state index >= 15 is 0 Å². The minimum atomic E-state index is 0.870. The van der Waals surface area contributed by atoms with Crippen LogP contribution in [0.2, 0.25) is 0 Å². The van der Waals surface area contributed by atoms with E-state index in [1.54, 1.807) is 0 Å². The number of carbonyl (C=O) groups excluding carboxylic acids is 1. The van der Waals surface area contributed by atoms with E-state index in [1.165, 1.54) is 34.7 Å². The zero-order valence-electron chi connectivity index (χ0n) is 12.6. The number of hydrogen-bond acceptors (Lipinski definition) is 1. The normalized spacial score (nSPS) is 10.9. The number of hydrogen-bond donors (Lipinski definition) is 0. The van der Waals surface area contributed by atoms with Crippen LogP contribution >= 0.6 is 0 Å². The van der Waals surface area contributed by atoms with E-state index in [0.29, 0.717) is 0 Å². The molecule has 0 aromatic heterocycles. The maximum Gasteiger partial charge on any atom is 0.150 e. The molecule has 0 unspecified atom stereocenters. The molecule has 0 aliphatic carbocycles. The quantitative estimate of drug-likeness (QED) is 0.620. The number of fused-ring (bicyclic) bond motifs is 1. The molecule has 1 nitrogen and oxygen atoms in total. The zero-order chi connectivity index (χ0) is 14.4. The lowest BCUT2D eigenvalue weighted by atomic mass is 9.94. The molecule has 0 fully saturated rings. The first-order chi connectivity index (χ1) is 9.80. The summed E-state index contributed by atoms with van der Waals surface area (Å²) in [6, 6.07) is 10.8. The Bertz CT molecular complexity index is 584. The van der Waals surface area contributed by atoms with Gasteiger partial charge in [-0.25, -0.2) is 0 Å². The van der Waals surface area contributed by atoms with Crippen LogP contribution in [0.15, 0.2) is 30.3 Å². The van der Waals surface area contributed by atoms with Gasteiger partial charge in [0.05, 0.1) is 0 Å². The van der Waals surface area contributed by atoms with Gasteiger partial charge in [0.25, 0.3) is 0 Å². The molecule has 0 amide bonds. The number of aryl methyl sites for hydroxylation is 2. The second kappa shape index (κ2) is 7.23. The fourth-order valence-electron chi connectivity index (χ4n) is 2.73. The summed E-state index contributed by atoms with van der Waals surface area (Å²) >= 11 is 0. The maximum atomic E-state index is 11.4. The molecule has 20 heavy (non-hydrogen) atoms. The Hall–Kier alpha value is -1.63. The molecule has 0 spiro atoms. The number of benzene rings is 2. The molecule has 0 heterocycles. The Morgan fingerprint density at radius 2 is 1.65 bits per heavy atom. The number of unbranched alkanes of at least 4 members (excludes halogenated alkanes) is 2. The molecular formula is C19H24O. The van der Waals surface area contributed by atoms with E-state index in [9.17, 15) is 4.79 Å². The third kappa shape index (κ3) is 3.27. The van der Waals surface area contributed by atoms with E-state index in [4.69, 9.17) is 0 Å². The summed E-state index contributed by atoms with van der Waals surface area (Å²) in [4.78, 5) is 11.4. The third-order valence-corrected chi connectivity index (χ3v) is 3.96. The minimum Gasteiger partial charge on any atom is -0.298 e. The van der Waals surface area contributed by atoms with Gasteiger partial charge in [-0.05, 0) is 53.6 Å². The summed E-state index contributed by atoms with van der Waals surface area (Å²) in [6.07, 6.45) is 7.81. The van der Waals surface area contributed by atoms with Crippen LogP contribution in [-0.2, 0) is 12.8 Å². The summed E-state index contributed by atoms with van der Waals surface area (Å²) in [7, 11) is 0. The first kappa shape index (κ1) is 14.8. The Kier molecular flexibility index (Phi) is 5.34. The van der Waals surface area contributed by atoms with Crippen molar-refractivity contribution in [2.75, 3.05) is 0 Å². The van der Waals surface area contributed by atoms with E-state index in [0.717, 1.165) is 37.5 Å². The Balaban J connectivity index is 2.46. The SMILES string of the molecule is CCCCc1cc2cccc(CCCC)c2cc1C=O. The molecule has 1 heteroatoms. The zero-order valence-corrected chi connectivity index (χ0v) is 12.6. The van der Waals surface area contributed by atoms with Crippen LogP contribution in [0.3, 0.4) is 0 Å². The second-order valence-corrected chi connectivity index (χ2v) is 5.51. The van der Waals surface area contributed by atoms with Gasteiger partial charge in [-0.2, -0.15) is 0 Å². The van der Waals surface area contributed by atoms with Crippen LogP contribution in [0.4, 0.5) is 0 Å². The van der Waals surface area contributed by atoms with Gasteiger partial charge in [0.2, 0.25) is 0 Å². The minimum absolute atomic E-state index is 0.870. The molecule has 2 aromatic rings. The predicted octanol–water partition coefficient (Wildman–Crippen LogP) is 5.34. The van der Waals surface area contributed by atoms with Gasteiger partial charge in [-0.15, -0.1) is 0 Å². The fraction of sp³-hybridized carbons (Fsp3) is 0.421. The predicted molar refractivity (Wildman–Crippen MR) is 86.6 cm³/mol. The average Bonchev–Trinajstić information content (AvgIpc) is 2.49. The first-order valence-corrected chi connectivity index (χ1v) is 7.79. The molecule has 0 saturated heterocycles. The lowest BCUT2D eigenvalue weighted by molar-refractivity contribution is 0.112. The highest BCUT2D eigenvalue weighted by atomic mass is 16.1.